The van der Waals surface area contributed by atoms with E-state index in [4.69, 9.17) is 23.2 Å². The van der Waals surface area contributed by atoms with Crippen LogP contribution in [0.2, 0.25) is 10.0 Å². The second kappa shape index (κ2) is 7.17. The molecule has 1 atom stereocenters. The third-order valence-electron chi connectivity index (χ3n) is 3.73. The van der Waals surface area contributed by atoms with Crippen LogP contribution in [0.1, 0.15) is 24.1 Å². The Morgan fingerprint density at radius 3 is 2.38 bits per heavy atom. The number of hydrogen-bond acceptors (Lipinski definition) is 2. The maximum atomic E-state index is 6.43. The van der Waals surface area contributed by atoms with Crippen LogP contribution in [0.25, 0.3) is 0 Å². The lowest BCUT2D eigenvalue weighted by molar-refractivity contribution is 0.727. The molecule has 0 fully saturated rings. The molecule has 0 aromatic heterocycles. The zero-order valence-electron chi connectivity index (χ0n) is 12.5. The van der Waals surface area contributed by atoms with Crippen LogP contribution in [0.3, 0.4) is 0 Å². The first kappa shape index (κ1) is 16.2. The lowest BCUT2D eigenvalue weighted by Gasteiger charge is -2.30. The molecule has 2 rings (SSSR count). The van der Waals surface area contributed by atoms with Gasteiger partial charge in [-0.15, -0.1) is 0 Å². The first-order chi connectivity index (χ1) is 10.1. The lowest BCUT2D eigenvalue weighted by Crippen LogP contribution is -2.24. The molecule has 112 valence electrons. The van der Waals surface area contributed by atoms with Gasteiger partial charge in [-0.3, -0.25) is 0 Å². The molecule has 2 aromatic rings. The second-order valence-electron chi connectivity index (χ2n) is 5.09. The van der Waals surface area contributed by atoms with E-state index in [9.17, 15) is 0 Å². The molecule has 0 aliphatic rings. The van der Waals surface area contributed by atoms with Gasteiger partial charge in [0.05, 0.1) is 16.8 Å². The van der Waals surface area contributed by atoms with Crippen LogP contribution in [-0.2, 0) is 6.54 Å². The Bertz CT molecular complexity index is 613. The minimum absolute atomic E-state index is 0.134. The summed E-state index contributed by atoms with van der Waals surface area (Å²) < 4.78 is 0. The maximum absolute atomic E-state index is 6.43. The van der Waals surface area contributed by atoms with Gasteiger partial charge in [0.2, 0.25) is 0 Å². The average molecular weight is 323 g/mol. The minimum Gasteiger partial charge on any atom is -0.366 e. The van der Waals surface area contributed by atoms with Gasteiger partial charge in [-0.25, -0.2) is 0 Å². The van der Waals surface area contributed by atoms with E-state index in [1.165, 1.54) is 5.56 Å². The van der Waals surface area contributed by atoms with Crippen molar-refractivity contribution < 1.29 is 0 Å². The fourth-order valence-corrected chi connectivity index (χ4v) is 3.13. The van der Waals surface area contributed by atoms with Crippen molar-refractivity contribution in [2.45, 2.75) is 19.5 Å². The molecular formula is C17H20Cl2N2. The van der Waals surface area contributed by atoms with Gasteiger partial charge in [0.25, 0.3) is 0 Å². The average Bonchev–Trinajstić information content (AvgIpc) is 2.47. The fraction of sp³-hybridized carbons (Fsp3) is 0.294. The molecule has 0 amide bonds. The number of benzene rings is 2. The highest BCUT2D eigenvalue weighted by Crippen LogP contribution is 2.36. The van der Waals surface area contributed by atoms with E-state index < -0.39 is 0 Å². The maximum Gasteiger partial charge on any atom is 0.0643 e. The van der Waals surface area contributed by atoms with Gasteiger partial charge in [0, 0.05) is 18.6 Å². The van der Waals surface area contributed by atoms with Crippen LogP contribution in [0, 0.1) is 0 Å². The molecule has 0 saturated carbocycles. The van der Waals surface area contributed by atoms with E-state index in [2.05, 4.69) is 29.3 Å². The highest BCUT2D eigenvalue weighted by Gasteiger charge is 2.19. The third kappa shape index (κ3) is 3.52. The minimum atomic E-state index is 0.134. The van der Waals surface area contributed by atoms with Gasteiger partial charge in [0.15, 0.2) is 0 Å². The van der Waals surface area contributed by atoms with Gasteiger partial charge in [0.1, 0.15) is 0 Å². The lowest BCUT2D eigenvalue weighted by atomic mass is 10.0. The zero-order valence-corrected chi connectivity index (χ0v) is 14.0. The molecule has 0 heterocycles. The van der Waals surface area contributed by atoms with Crippen LogP contribution in [0.15, 0.2) is 42.5 Å². The van der Waals surface area contributed by atoms with Crippen molar-refractivity contribution in [3.63, 3.8) is 0 Å². The molecule has 2 nitrogen and oxygen atoms in total. The summed E-state index contributed by atoms with van der Waals surface area (Å²) in [5, 5.41) is 4.72. The summed E-state index contributed by atoms with van der Waals surface area (Å²) in [4.78, 5) is 2.18. The summed E-state index contributed by atoms with van der Waals surface area (Å²) in [6.45, 7) is 2.91. The van der Waals surface area contributed by atoms with Crippen molar-refractivity contribution in [2.75, 3.05) is 19.0 Å². The number of hydrogen-bond donors (Lipinski definition) is 1. The number of anilines is 1. The predicted molar refractivity (Wildman–Crippen MR) is 92.5 cm³/mol. The Morgan fingerprint density at radius 2 is 1.71 bits per heavy atom. The first-order valence-corrected chi connectivity index (χ1v) is 7.71. The second-order valence-corrected chi connectivity index (χ2v) is 5.90. The van der Waals surface area contributed by atoms with Crippen LogP contribution < -0.4 is 10.2 Å². The summed E-state index contributed by atoms with van der Waals surface area (Å²) in [5.41, 5.74) is 3.31. The van der Waals surface area contributed by atoms with Crippen molar-refractivity contribution in [2.24, 2.45) is 0 Å². The summed E-state index contributed by atoms with van der Waals surface area (Å²) in [6.07, 6.45) is 0. The fourth-order valence-electron chi connectivity index (χ4n) is 2.50. The Labute approximate surface area is 136 Å². The Kier molecular flexibility index (Phi) is 5.51. The molecule has 4 heteroatoms. The van der Waals surface area contributed by atoms with Crippen molar-refractivity contribution >= 4 is 28.9 Å². The summed E-state index contributed by atoms with van der Waals surface area (Å²) in [7, 11) is 3.98. The molecule has 2 aromatic carbocycles. The van der Waals surface area contributed by atoms with Gasteiger partial charge in [-0.1, -0.05) is 53.5 Å². The molecule has 0 saturated heterocycles. The molecule has 0 aliphatic carbocycles. The Morgan fingerprint density at radius 1 is 1.05 bits per heavy atom. The highest BCUT2D eigenvalue weighted by molar-refractivity contribution is 6.33. The molecule has 0 spiro atoms. The largest absolute Gasteiger partial charge is 0.366 e. The van der Waals surface area contributed by atoms with E-state index >= 15 is 0 Å². The smallest absolute Gasteiger partial charge is 0.0643 e. The summed E-state index contributed by atoms with van der Waals surface area (Å²) in [5.74, 6) is 0. The topological polar surface area (TPSA) is 15.3 Å². The van der Waals surface area contributed by atoms with Crippen LogP contribution in [0.4, 0.5) is 5.69 Å². The Hall–Kier alpha value is -1.22. The molecule has 0 radical (unpaired) electrons. The normalized spacial score (nSPS) is 12.2. The van der Waals surface area contributed by atoms with E-state index in [0.717, 1.165) is 27.8 Å². The first-order valence-electron chi connectivity index (χ1n) is 6.95. The van der Waals surface area contributed by atoms with E-state index in [-0.39, 0.29) is 6.04 Å². The van der Waals surface area contributed by atoms with Gasteiger partial charge in [-0.2, -0.15) is 0 Å². The number of halogens is 2. The quantitative estimate of drug-likeness (QED) is 0.841. The zero-order chi connectivity index (χ0) is 15.4. The molecule has 21 heavy (non-hydrogen) atoms. The molecular weight excluding hydrogens is 303 g/mol. The van der Waals surface area contributed by atoms with Crippen molar-refractivity contribution in [3.8, 4) is 0 Å². The van der Waals surface area contributed by atoms with Gasteiger partial charge in [-0.05, 0) is 37.2 Å². The number of nitrogens with one attached hydrogen (secondary N) is 1. The van der Waals surface area contributed by atoms with Gasteiger partial charge >= 0.3 is 0 Å². The van der Waals surface area contributed by atoms with Crippen LogP contribution in [-0.4, -0.2) is 14.1 Å². The molecule has 1 N–H and O–H groups in total. The van der Waals surface area contributed by atoms with E-state index in [1.54, 1.807) is 0 Å². The number of para-hydroxylation sites is 1. The van der Waals surface area contributed by atoms with Crippen molar-refractivity contribution in [1.29, 1.82) is 0 Å². The van der Waals surface area contributed by atoms with Crippen LogP contribution >= 0.6 is 23.2 Å². The summed E-state index contributed by atoms with van der Waals surface area (Å²) >= 11 is 12.7. The highest BCUT2D eigenvalue weighted by atomic mass is 35.5. The van der Waals surface area contributed by atoms with Crippen LogP contribution in [0.5, 0.6) is 0 Å². The molecule has 0 bridgehead atoms. The van der Waals surface area contributed by atoms with E-state index in [0.29, 0.717) is 0 Å². The Balaban J connectivity index is 2.40. The van der Waals surface area contributed by atoms with E-state index in [1.807, 2.05) is 44.4 Å². The molecule has 1 unspecified atom stereocenters. The third-order valence-corrected chi connectivity index (χ3v) is 4.38. The van der Waals surface area contributed by atoms with Crippen molar-refractivity contribution in [1.82, 2.24) is 5.32 Å². The summed E-state index contributed by atoms with van der Waals surface area (Å²) in [6, 6.07) is 14.0. The van der Waals surface area contributed by atoms with Gasteiger partial charge < -0.3 is 10.2 Å². The standard InChI is InChI=1S/C17H20Cl2N2/c1-12(14-8-4-5-9-15(14)18)21(3)17-13(11-20-2)7-6-10-16(17)19/h4-10,12,20H,11H2,1-3H3. The predicted octanol–water partition coefficient (Wildman–Crippen LogP) is 4.91. The number of nitrogens with zero attached hydrogens (tertiary/aromatic N) is 1. The van der Waals surface area contributed by atoms with Crippen molar-refractivity contribution in [3.05, 3.63) is 63.6 Å². The monoisotopic (exact) mass is 322 g/mol. The SMILES string of the molecule is CNCc1cccc(Cl)c1N(C)C(C)c1ccccc1Cl. The number of rotatable bonds is 5. The molecule has 0 aliphatic heterocycles.